The highest BCUT2D eigenvalue weighted by molar-refractivity contribution is 5.36. The first kappa shape index (κ1) is 12.8. The van der Waals surface area contributed by atoms with E-state index in [1.807, 2.05) is 0 Å². The second-order valence-electron chi connectivity index (χ2n) is 3.35. The van der Waals surface area contributed by atoms with Crippen molar-refractivity contribution < 1.29 is 23.0 Å². The lowest BCUT2D eigenvalue weighted by Crippen LogP contribution is -2.25. The molecule has 6 heteroatoms. The van der Waals surface area contributed by atoms with E-state index in [0.717, 1.165) is 6.07 Å². The first-order chi connectivity index (χ1) is 7.31. The normalized spacial score (nSPS) is 15.6. The van der Waals surface area contributed by atoms with Crippen molar-refractivity contribution >= 4 is 0 Å². The number of para-hydroxylation sites is 1. The monoisotopic (exact) mass is 235 g/mol. The molecule has 0 fully saturated rings. The van der Waals surface area contributed by atoms with Crippen molar-refractivity contribution in [3.8, 4) is 5.75 Å². The molecule has 1 rings (SSSR count). The molecule has 0 aliphatic rings. The molecular formula is C10H12F3NO2. The van der Waals surface area contributed by atoms with Gasteiger partial charge < -0.3 is 15.6 Å². The molecule has 16 heavy (non-hydrogen) atoms. The molecule has 3 N–H and O–H groups in total. The van der Waals surface area contributed by atoms with Crippen LogP contribution in [0.2, 0.25) is 0 Å². The molecule has 1 aromatic carbocycles. The summed E-state index contributed by atoms with van der Waals surface area (Å²) in [6.07, 6.45) is -5.73. The Balaban J connectivity index is 3.01. The van der Waals surface area contributed by atoms with Gasteiger partial charge >= 0.3 is 6.36 Å². The summed E-state index contributed by atoms with van der Waals surface area (Å²) < 4.78 is 40.0. The Kier molecular flexibility index (Phi) is 3.77. The summed E-state index contributed by atoms with van der Waals surface area (Å²) in [4.78, 5) is 0. The molecule has 0 radical (unpaired) electrons. The van der Waals surface area contributed by atoms with E-state index in [-0.39, 0.29) is 11.3 Å². The average Bonchev–Trinajstić information content (AvgIpc) is 2.15. The van der Waals surface area contributed by atoms with E-state index < -0.39 is 18.5 Å². The molecule has 0 spiro atoms. The molecule has 0 amide bonds. The molecule has 2 atom stereocenters. The highest BCUT2D eigenvalue weighted by atomic mass is 19.4. The number of halogens is 3. The number of hydrogen-bond acceptors (Lipinski definition) is 3. The van der Waals surface area contributed by atoms with Crippen molar-refractivity contribution in [2.24, 2.45) is 5.73 Å². The maximum absolute atomic E-state index is 12.1. The molecule has 0 saturated heterocycles. The molecule has 0 aromatic heterocycles. The third-order valence-electron chi connectivity index (χ3n) is 2.02. The summed E-state index contributed by atoms with van der Waals surface area (Å²) in [7, 11) is 0. The summed E-state index contributed by atoms with van der Waals surface area (Å²) in [5.74, 6) is -0.386. The standard InChI is InChI=1S/C10H12F3NO2/c1-6(15)9(14)7-4-2-3-5-8(7)16-10(11,12)13/h2-6,9,15H,14H2,1H3. The zero-order valence-corrected chi connectivity index (χ0v) is 8.53. The van der Waals surface area contributed by atoms with E-state index in [4.69, 9.17) is 5.73 Å². The minimum Gasteiger partial charge on any atom is -0.405 e. The van der Waals surface area contributed by atoms with Crippen LogP contribution < -0.4 is 10.5 Å². The lowest BCUT2D eigenvalue weighted by Gasteiger charge is -2.19. The predicted molar refractivity (Wildman–Crippen MR) is 51.7 cm³/mol. The van der Waals surface area contributed by atoms with Crippen LogP contribution in [0.5, 0.6) is 5.75 Å². The Morgan fingerprint density at radius 1 is 1.31 bits per heavy atom. The number of nitrogens with two attached hydrogens (primary N) is 1. The Morgan fingerprint density at radius 3 is 2.38 bits per heavy atom. The molecule has 0 heterocycles. The van der Waals surface area contributed by atoms with Crippen LogP contribution in [0.1, 0.15) is 18.5 Å². The number of ether oxygens (including phenoxy) is 1. The third kappa shape index (κ3) is 3.39. The van der Waals surface area contributed by atoms with Gasteiger partial charge in [0.25, 0.3) is 0 Å². The fourth-order valence-electron chi connectivity index (χ4n) is 1.23. The Hall–Kier alpha value is -1.27. The van der Waals surface area contributed by atoms with Gasteiger partial charge in [-0.05, 0) is 13.0 Å². The van der Waals surface area contributed by atoms with Crippen LogP contribution in [0.3, 0.4) is 0 Å². The summed E-state index contributed by atoms with van der Waals surface area (Å²) in [6.45, 7) is 1.40. The van der Waals surface area contributed by atoms with Gasteiger partial charge in [0, 0.05) is 5.56 Å². The van der Waals surface area contributed by atoms with Gasteiger partial charge in [-0.2, -0.15) is 0 Å². The highest BCUT2D eigenvalue weighted by Crippen LogP contribution is 2.30. The Labute approximate surface area is 90.6 Å². The van der Waals surface area contributed by atoms with Gasteiger partial charge in [0.2, 0.25) is 0 Å². The number of benzene rings is 1. The quantitative estimate of drug-likeness (QED) is 0.842. The van der Waals surface area contributed by atoms with Gasteiger partial charge in [-0.1, -0.05) is 18.2 Å². The molecule has 1 aromatic rings. The Bertz CT molecular complexity index is 352. The number of aliphatic hydroxyl groups is 1. The summed E-state index contributed by atoms with van der Waals surface area (Å²) >= 11 is 0. The van der Waals surface area contributed by atoms with Gasteiger partial charge in [0.05, 0.1) is 12.1 Å². The third-order valence-corrected chi connectivity index (χ3v) is 2.02. The summed E-state index contributed by atoms with van der Waals surface area (Å²) in [5.41, 5.74) is 5.68. The molecule has 0 bridgehead atoms. The van der Waals surface area contributed by atoms with Gasteiger partial charge in [-0.25, -0.2) is 0 Å². The zero-order chi connectivity index (χ0) is 12.3. The van der Waals surface area contributed by atoms with Crippen molar-refractivity contribution in [1.29, 1.82) is 0 Å². The van der Waals surface area contributed by atoms with Crippen LogP contribution in [0.4, 0.5) is 13.2 Å². The SMILES string of the molecule is CC(O)C(N)c1ccccc1OC(F)(F)F. The summed E-state index contributed by atoms with van der Waals surface area (Å²) in [5, 5.41) is 9.24. The van der Waals surface area contributed by atoms with Crippen molar-refractivity contribution in [2.75, 3.05) is 0 Å². The Morgan fingerprint density at radius 2 is 1.88 bits per heavy atom. The predicted octanol–water partition coefficient (Wildman–Crippen LogP) is 1.97. The zero-order valence-electron chi connectivity index (χ0n) is 8.53. The van der Waals surface area contributed by atoms with E-state index in [1.165, 1.54) is 25.1 Å². The molecule has 0 saturated carbocycles. The number of aliphatic hydroxyl groups excluding tert-OH is 1. The molecule has 0 aliphatic heterocycles. The van der Waals surface area contributed by atoms with E-state index in [1.54, 1.807) is 0 Å². The molecule has 0 aliphatic carbocycles. The maximum atomic E-state index is 12.1. The van der Waals surface area contributed by atoms with Crippen LogP contribution in [-0.2, 0) is 0 Å². The van der Waals surface area contributed by atoms with Crippen molar-refractivity contribution in [2.45, 2.75) is 25.4 Å². The van der Waals surface area contributed by atoms with E-state index in [0.29, 0.717) is 0 Å². The van der Waals surface area contributed by atoms with E-state index in [2.05, 4.69) is 4.74 Å². The van der Waals surface area contributed by atoms with Crippen LogP contribution in [0, 0.1) is 0 Å². The van der Waals surface area contributed by atoms with E-state index >= 15 is 0 Å². The molecule has 3 nitrogen and oxygen atoms in total. The lowest BCUT2D eigenvalue weighted by molar-refractivity contribution is -0.275. The van der Waals surface area contributed by atoms with Gasteiger partial charge in [-0.3, -0.25) is 0 Å². The van der Waals surface area contributed by atoms with Crippen molar-refractivity contribution in [3.05, 3.63) is 29.8 Å². The molecule has 2 unspecified atom stereocenters. The number of alkyl halides is 3. The first-order valence-corrected chi connectivity index (χ1v) is 4.59. The lowest BCUT2D eigenvalue weighted by atomic mass is 10.0. The number of rotatable bonds is 3. The minimum absolute atomic E-state index is 0.120. The highest BCUT2D eigenvalue weighted by Gasteiger charge is 2.32. The fraction of sp³-hybridized carbons (Fsp3) is 0.400. The van der Waals surface area contributed by atoms with Gasteiger partial charge in [0.1, 0.15) is 5.75 Å². The second kappa shape index (κ2) is 4.71. The van der Waals surface area contributed by atoms with Crippen LogP contribution in [0.25, 0.3) is 0 Å². The minimum atomic E-state index is -4.77. The van der Waals surface area contributed by atoms with Gasteiger partial charge in [-0.15, -0.1) is 13.2 Å². The van der Waals surface area contributed by atoms with Crippen molar-refractivity contribution in [3.63, 3.8) is 0 Å². The maximum Gasteiger partial charge on any atom is 0.573 e. The smallest absolute Gasteiger partial charge is 0.405 e. The first-order valence-electron chi connectivity index (χ1n) is 4.59. The van der Waals surface area contributed by atoms with Crippen LogP contribution in [-0.4, -0.2) is 17.6 Å². The fourth-order valence-corrected chi connectivity index (χ4v) is 1.23. The topological polar surface area (TPSA) is 55.5 Å². The van der Waals surface area contributed by atoms with Crippen LogP contribution in [0.15, 0.2) is 24.3 Å². The largest absolute Gasteiger partial charge is 0.573 e. The molecular weight excluding hydrogens is 223 g/mol. The summed E-state index contributed by atoms with van der Waals surface area (Å²) in [6, 6.07) is 4.56. The second-order valence-corrected chi connectivity index (χ2v) is 3.35. The van der Waals surface area contributed by atoms with Gasteiger partial charge in [0.15, 0.2) is 0 Å². The number of hydrogen-bond donors (Lipinski definition) is 2. The average molecular weight is 235 g/mol. The van der Waals surface area contributed by atoms with Crippen LogP contribution >= 0.6 is 0 Å². The van der Waals surface area contributed by atoms with Crippen molar-refractivity contribution in [1.82, 2.24) is 0 Å². The van der Waals surface area contributed by atoms with E-state index in [9.17, 15) is 18.3 Å². The molecule has 90 valence electrons.